The van der Waals surface area contributed by atoms with E-state index in [2.05, 4.69) is 5.10 Å². The van der Waals surface area contributed by atoms with Gasteiger partial charge in [-0.1, -0.05) is 12.1 Å². The third-order valence-electron chi connectivity index (χ3n) is 2.74. The molecule has 0 saturated carbocycles. The predicted octanol–water partition coefficient (Wildman–Crippen LogP) is 3.14. The van der Waals surface area contributed by atoms with Crippen LogP contribution in [0.5, 0.6) is 5.88 Å². The van der Waals surface area contributed by atoms with Crippen molar-refractivity contribution < 1.29 is 17.9 Å². The van der Waals surface area contributed by atoms with Gasteiger partial charge in [0.1, 0.15) is 0 Å². The van der Waals surface area contributed by atoms with Crippen molar-refractivity contribution in [1.82, 2.24) is 9.78 Å². The minimum Gasteiger partial charge on any atom is -0.475 e. The quantitative estimate of drug-likeness (QED) is 0.943. The van der Waals surface area contributed by atoms with E-state index in [0.29, 0.717) is 12.2 Å². The van der Waals surface area contributed by atoms with Gasteiger partial charge in [0.25, 0.3) is 0 Å². The molecule has 0 bridgehead atoms. The van der Waals surface area contributed by atoms with Gasteiger partial charge in [0.2, 0.25) is 5.88 Å². The van der Waals surface area contributed by atoms with Gasteiger partial charge in [0, 0.05) is 12.6 Å². The van der Waals surface area contributed by atoms with Crippen LogP contribution >= 0.6 is 0 Å². The van der Waals surface area contributed by atoms with Crippen molar-refractivity contribution in [3.63, 3.8) is 0 Å². The fraction of sp³-hybridized carbons (Fsp3) is 0.357. The first-order chi connectivity index (χ1) is 9.81. The Morgan fingerprint density at radius 2 is 1.86 bits per heavy atom. The Kier molecular flexibility index (Phi) is 4.22. The second-order valence-electron chi connectivity index (χ2n) is 4.81. The molecule has 2 aromatic rings. The molecule has 0 aliphatic carbocycles. The van der Waals surface area contributed by atoms with Crippen LogP contribution in [-0.2, 0) is 12.7 Å². The molecule has 2 N–H and O–H groups in total. The van der Waals surface area contributed by atoms with Crippen molar-refractivity contribution in [1.29, 1.82) is 0 Å². The monoisotopic (exact) mass is 299 g/mol. The summed E-state index contributed by atoms with van der Waals surface area (Å²) in [6, 6.07) is 7.69. The summed E-state index contributed by atoms with van der Waals surface area (Å²) in [6.07, 6.45) is -4.78. The van der Waals surface area contributed by atoms with Crippen LogP contribution in [-0.4, -0.2) is 15.9 Å². The first kappa shape index (κ1) is 15.4. The van der Waals surface area contributed by atoms with E-state index in [9.17, 15) is 13.2 Å². The molecule has 0 fully saturated rings. The lowest BCUT2D eigenvalue weighted by atomic mass is 10.2. The smallest absolute Gasteiger partial charge is 0.435 e. The lowest BCUT2D eigenvalue weighted by Gasteiger charge is -2.11. The number of benzene rings is 1. The molecule has 0 unspecified atom stereocenters. The van der Waals surface area contributed by atoms with Gasteiger partial charge in [0.15, 0.2) is 5.69 Å². The summed E-state index contributed by atoms with van der Waals surface area (Å²) in [7, 11) is 0. The largest absolute Gasteiger partial charge is 0.475 e. The Labute approximate surface area is 120 Å². The Hall–Kier alpha value is -2.02. The zero-order valence-corrected chi connectivity index (χ0v) is 11.7. The van der Waals surface area contributed by atoms with Gasteiger partial charge in [-0.25, -0.2) is 4.68 Å². The predicted molar refractivity (Wildman–Crippen MR) is 72.2 cm³/mol. The average Bonchev–Trinajstić information content (AvgIpc) is 2.82. The second-order valence-corrected chi connectivity index (χ2v) is 4.81. The SMILES string of the molecule is CC(C)Oc1cc(C(F)(F)F)nn1-c1ccc(CN)cc1. The van der Waals surface area contributed by atoms with Crippen molar-refractivity contribution >= 4 is 0 Å². The topological polar surface area (TPSA) is 53.1 Å². The number of ether oxygens (including phenoxy) is 1. The zero-order valence-electron chi connectivity index (χ0n) is 11.7. The van der Waals surface area contributed by atoms with Gasteiger partial charge in [-0.3, -0.25) is 0 Å². The van der Waals surface area contributed by atoms with Crippen LogP contribution in [0, 0.1) is 0 Å². The van der Waals surface area contributed by atoms with Gasteiger partial charge in [-0.05, 0) is 31.5 Å². The highest BCUT2D eigenvalue weighted by atomic mass is 19.4. The van der Waals surface area contributed by atoms with Crippen LogP contribution in [0.15, 0.2) is 30.3 Å². The first-order valence-corrected chi connectivity index (χ1v) is 6.44. The van der Waals surface area contributed by atoms with Crippen LogP contribution in [0.25, 0.3) is 5.69 Å². The van der Waals surface area contributed by atoms with Gasteiger partial charge in [-0.15, -0.1) is 0 Å². The van der Waals surface area contributed by atoms with Gasteiger partial charge >= 0.3 is 6.18 Å². The van der Waals surface area contributed by atoms with Crippen LogP contribution in [0.2, 0.25) is 0 Å². The summed E-state index contributed by atoms with van der Waals surface area (Å²) >= 11 is 0. The van der Waals surface area contributed by atoms with E-state index in [-0.39, 0.29) is 12.0 Å². The molecule has 21 heavy (non-hydrogen) atoms. The van der Waals surface area contributed by atoms with Crippen LogP contribution in [0.4, 0.5) is 13.2 Å². The minimum absolute atomic E-state index is 0.0535. The fourth-order valence-corrected chi connectivity index (χ4v) is 1.79. The lowest BCUT2D eigenvalue weighted by Crippen LogP contribution is -2.10. The summed E-state index contributed by atoms with van der Waals surface area (Å²) in [5.74, 6) is 0.0535. The summed E-state index contributed by atoms with van der Waals surface area (Å²) in [5, 5.41) is 3.60. The van der Waals surface area contributed by atoms with E-state index in [1.165, 1.54) is 0 Å². The maximum atomic E-state index is 12.8. The molecule has 0 aliphatic heterocycles. The molecule has 2 rings (SSSR count). The van der Waals surface area contributed by atoms with Crippen molar-refractivity contribution in [2.75, 3.05) is 0 Å². The summed E-state index contributed by atoms with van der Waals surface area (Å²) in [5.41, 5.74) is 5.88. The first-order valence-electron chi connectivity index (χ1n) is 6.44. The van der Waals surface area contributed by atoms with Gasteiger partial charge in [-0.2, -0.15) is 18.3 Å². The van der Waals surface area contributed by atoms with E-state index >= 15 is 0 Å². The molecule has 0 aliphatic rings. The molecule has 0 radical (unpaired) electrons. The molecule has 0 atom stereocenters. The number of nitrogens with two attached hydrogens (primary N) is 1. The van der Waals surface area contributed by atoms with Gasteiger partial charge in [0.05, 0.1) is 11.8 Å². The standard InChI is InChI=1S/C14H16F3N3O/c1-9(2)21-13-7-12(14(15,16)17)19-20(13)11-5-3-10(8-18)4-6-11/h3-7,9H,8,18H2,1-2H3. The van der Waals surface area contributed by atoms with Crippen LogP contribution in [0.3, 0.4) is 0 Å². The summed E-state index contributed by atoms with van der Waals surface area (Å²) in [4.78, 5) is 0. The molecule has 114 valence electrons. The minimum atomic E-state index is -4.52. The van der Waals surface area contributed by atoms with Crippen molar-refractivity contribution in [3.05, 3.63) is 41.6 Å². The number of aromatic nitrogens is 2. The number of rotatable bonds is 4. The third-order valence-corrected chi connectivity index (χ3v) is 2.74. The average molecular weight is 299 g/mol. The van der Waals surface area contributed by atoms with Gasteiger partial charge < -0.3 is 10.5 Å². The molecule has 0 saturated heterocycles. The molecular formula is C14H16F3N3O. The zero-order chi connectivity index (χ0) is 15.6. The normalized spacial score (nSPS) is 12.0. The number of hydrogen-bond donors (Lipinski definition) is 1. The lowest BCUT2D eigenvalue weighted by molar-refractivity contribution is -0.141. The van der Waals surface area contributed by atoms with E-state index in [1.54, 1.807) is 38.1 Å². The maximum absolute atomic E-state index is 12.8. The Balaban J connectivity index is 2.46. The van der Waals surface area contributed by atoms with E-state index in [1.807, 2.05) is 0 Å². The number of nitrogens with zero attached hydrogens (tertiary/aromatic N) is 2. The van der Waals surface area contributed by atoms with Crippen molar-refractivity contribution in [2.45, 2.75) is 32.7 Å². The van der Waals surface area contributed by atoms with E-state index in [0.717, 1.165) is 16.3 Å². The molecule has 4 nitrogen and oxygen atoms in total. The molecule has 1 aromatic heterocycles. The molecule has 7 heteroatoms. The Morgan fingerprint density at radius 3 is 2.33 bits per heavy atom. The molecule has 1 heterocycles. The highest BCUT2D eigenvalue weighted by Crippen LogP contribution is 2.32. The Bertz CT molecular complexity index is 603. The fourth-order valence-electron chi connectivity index (χ4n) is 1.79. The van der Waals surface area contributed by atoms with Crippen molar-refractivity contribution in [3.8, 4) is 11.6 Å². The number of hydrogen-bond acceptors (Lipinski definition) is 3. The molecule has 0 spiro atoms. The molecular weight excluding hydrogens is 283 g/mol. The summed E-state index contributed by atoms with van der Waals surface area (Å²) in [6.45, 7) is 3.84. The third kappa shape index (κ3) is 3.55. The van der Waals surface area contributed by atoms with Crippen LogP contribution < -0.4 is 10.5 Å². The highest BCUT2D eigenvalue weighted by Gasteiger charge is 2.35. The second kappa shape index (κ2) is 5.77. The maximum Gasteiger partial charge on any atom is 0.435 e. The summed E-state index contributed by atoms with van der Waals surface area (Å²) < 4.78 is 45.0. The highest BCUT2D eigenvalue weighted by molar-refractivity contribution is 5.38. The molecule has 0 amide bonds. The van der Waals surface area contributed by atoms with E-state index < -0.39 is 11.9 Å². The van der Waals surface area contributed by atoms with Crippen LogP contribution in [0.1, 0.15) is 25.1 Å². The van der Waals surface area contributed by atoms with E-state index in [4.69, 9.17) is 10.5 Å². The van der Waals surface area contributed by atoms with Crippen molar-refractivity contribution in [2.24, 2.45) is 5.73 Å². The number of halogens is 3. The molecule has 1 aromatic carbocycles. The number of alkyl halides is 3. The Morgan fingerprint density at radius 1 is 1.24 bits per heavy atom.